The van der Waals surface area contributed by atoms with Crippen LogP contribution < -0.4 is 0 Å². The van der Waals surface area contributed by atoms with Gasteiger partial charge in [0.2, 0.25) is 0 Å². The molecule has 0 aliphatic heterocycles. The molecule has 132 valence electrons. The van der Waals surface area contributed by atoms with Gasteiger partial charge in [0.25, 0.3) is 0 Å². The summed E-state index contributed by atoms with van der Waals surface area (Å²) >= 11 is 0. The van der Waals surface area contributed by atoms with Crippen LogP contribution in [0.1, 0.15) is 46.9 Å². The molecule has 2 aromatic heterocycles. The molecule has 1 aliphatic carbocycles. The molecule has 2 heterocycles. The number of aliphatic hydroxyl groups is 1. The summed E-state index contributed by atoms with van der Waals surface area (Å²) in [7, 11) is 1.00. The zero-order valence-electron chi connectivity index (χ0n) is 14.6. The molecular weight excluding hydrogens is 544 g/mol. The third-order valence-electron chi connectivity index (χ3n) is 3.85. The second-order valence-electron chi connectivity index (χ2n) is 5.88. The van der Waals surface area contributed by atoms with Crippen molar-refractivity contribution in [2.45, 2.75) is 38.6 Å². The van der Waals surface area contributed by atoms with Crippen molar-refractivity contribution in [3.05, 3.63) is 58.3 Å². The van der Waals surface area contributed by atoms with Crippen molar-refractivity contribution >= 4 is 11.8 Å². The quantitative estimate of drug-likeness (QED) is 0.593. The van der Waals surface area contributed by atoms with Gasteiger partial charge < -0.3 is 20.5 Å². The Hall–Kier alpha value is -1.42. The minimum Gasteiger partial charge on any atom is -0.478 e. The average Bonchev–Trinajstić information content (AvgIpc) is 2.99. The van der Waals surface area contributed by atoms with Crippen molar-refractivity contribution in [3.8, 4) is 0 Å². The summed E-state index contributed by atoms with van der Waals surface area (Å²) in [5.74, 6) is 0.113. The molecule has 0 saturated heterocycles. The van der Waals surface area contributed by atoms with Crippen molar-refractivity contribution in [1.82, 2.24) is 9.97 Å². The van der Waals surface area contributed by atoms with Crippen LogP contribution in [0.2, 0.25) is 0 Å². The van der Waals surface area contributed by atoms with Crippen LogP contribution in [0.5, 0.6) is 0 Å². The van der Waals surface area contributed by atoms with Gasteiger partial charge in [-0.25, -0.2) is 4.79 Å². The number of carboxylic acids is 1. The van der Waals surface area contributed by atoms with Gasteiger partial charge in [0.1, 0.15) is 0 Å². The SMILES string of the molecule is CC(C)[N-]c1ncccc1C1Cc2cc(C(=O)O)cnc2C1.CO.[U]. The predicted octanol–water partition coefficient (Wildman–Crippen LogP) is 3.08. The number of carbonyl (C=O) groups is 1. The molecule has 0 amide bonds. The number of carboxylic acid groups (broad SMARTS) is 1. The molecule has 6 nitrogen and oxygen atoms in total. The number of fused-ring (bicyclic) bond motifs is 1. The van der Waals surface area contributed by atoms with E-state index in [1.807, 2.05) is 19.9 Å². The number of pyridine rings is 2. The number of hydrogen-bond acceptors (Lipinski definition) is 4. The van der Waals surface area contributed by atoms with Crippen LogP contribution in [-0.4, -0.2) is 39.3 Å². The van der Waals surface area contributed by atoms with Crippen molar-refractivity contribution in [2.75, 3.05) is 7.11 Å². The Morgan fingerprint density at radius 2 is 2.00 bits per heavy atom. The molecule has 0 radical (unpaired) electrons. The van der Waals surface area contributed by atoms with Gasteiger partial charge in [-0.1, -0.05) is 38.0 Å². The molecule has 1 aliphatic rings. The van der Waals surface area contributed by atoms with E-state index in [0.29, 0.717) is 0 Å². The summed E-state index contributed by atoms with van der Waals surface area (Å²) in [4.78, 5) is 19.8. The summed E-state index contributed by atoms with van der Waals surface area (Å²) in [6, 6.07) is 5.91. The molecule has 0 aromatic carbocycles. The first-order chi connectivity index (χ1) is 11.5. The fourth-order valence-electron chi connectivity index (χ4n) is 2.89. The number of rotatable bonds is 4. The van der Waals surface area contributed by atoms with Gasteiger partial charge in [-0.05, 0) is 42.0 Å². The minimum atomic E-state index is -0.935. The Morgan fingerprint density at radius 1 is 1.28 bits per heavy atom. The molecule has 0 fully saturated rings. The number of hydrogen-bond donors (Lipinski definition) is 2. The zero-order chi connectivity index (χ0) is 17.7. The van der Waals surface area contributed by atoms with E-state index in [4.69, 9.17) is 10.2 Å². The Kier molecular flexibility index (Phi) is 8.57. The maximum atomic E-state index is 11.1. The van der Waals surface area contributed by atoms with Gasteiger partial charge in [-0.15, -0.1) is 0 Å². The number of nitrogens with zero attached hydrogens (tertiary/aromatic N) is 3. The molecule has 25 heavy (non-hydrogen) atoms. The summed E-state index contributed by atoms with van der Waals surface area (Å²) in [6.07, 6.45) is 4.79. The van der Waals surface area contributed by atoms with Crippen LogP contribution >= 0.6 is 0 Å². The van der Waals surface area contributed by atoms with Crippen LogP contribution in [0.15, 0.2) is 30.6 Å². The second kappa shape index (κ2) is 9.91. The Morgan fingerprint density at radius 3 is 2.64 bits per heavy atom. The topological polar surface area (TPSA) is 97.4 Å². The van der Waals surface area contributed by atoms with Crippen molar-refractivity contribution in [2.24, 2.45) is 0 Å². The summed E-state index contributed by atoms with van der Waals surface area (Å²) in [5.41, 5.74) is 3.36. The molecule has 2 aromatic rings. The van der Waals surface area contributed by atoms with Crippen molar-refractivity contribution < 1.29 is 46.1 Å². The Labute approximate surface area is 171 Å². The van der Waals surface area contributed by atoms with Gasteiger partial charge in [0, 0.05) is 50.1 Å². The van der Waals surface area contributed by atoms with Crippen LogP contribution in [0.3, 0.4) is 0 Å². The van der Waals surface area contributed by atoms with E-state index in [1.54, 1.807) is 12.3 Å². The molecule has 1 atom stereocenters. The van der Waals surface area contributed by atoms with E-state index in [2.05, 4.69) is 21.4 Å². The average molecular weight is 566 g/mol. The molecule has 0 bridgehead atoms. The molecule has 3 rings (SSSR count). The van der Waals surface area contributed by atoms with Crippen LogP contribution in [-0.2, 0) is 12.8 Å². The van der Waals surface area contributed by atoms with E-state index in [0.717, 1.165) is 42.6 Å². The van der Waals surface area contributed by atoms with E-state index >= 15 is 0 Å². The molecule has 1 unspecified atom stereocenters. The van der Waals surface area contributed by atoms with Gasteiger partial charge in [0.15, 0.2) is 0 Å². The molecule has 2 N–H and O–H groups in total. The normalized spacial score (nSPS) is 14.8. The fourth-order valence-corrected chi connectivity index (χ4v) is 2.89. The zero-order valence-corrected chi connectivity index (χ0v) is 18.8. The van der Waals surface area contributed by atoms with E-state index < -0.39 is 5.97 Å². The number of aliphatic hydroxyl groups excluding tert-OH is 1. The molecule has 7 heteroatoms. The van der Waals surface area contributed by atoms with Crippen LogP contribution in [0, 0.1) is 31.1 Å². The third kappa shape index (κ3) is 5.28. The standard InChI is InChI=1S/C17H19N3O2.CH4O.U/c1-10(2)20-16-14(4-3-5-18-16)11-6-12-7-13(17(21)22)9-19-15(12)8-11;1-2;/h3-5,7,9-11H,6,8H2,1-2H3,(H2,18,20,21,22);2H,1H3;/p-1. The van der Waals surface area contributed by atoms with E-state index in [-0.39, 0.29) is 48.6 Å². The monoisotopic (exact) mass is 566 g/mol. The van der Waals surface area contributed by atoms with Gasteiger partial charge in [-0.2, -0.15) is 0 Å². The third-order valence-corrected chi connectivity index (χ3v) is 3.85. The molecule has 0 spiro atoms. The molecular formula is C18H22N3O3U-. The van der Waals surface area contributed by atoms with Crippen molar-refractivity contribution in [3.63, 3.8) is 0 Å². The first-order valence-electron chi connectivity index (χ1n) is 7.86. The number of aromatic nitrogens is 2. The van der Waals surface area contributed by atoms with Gasteiger partial charge in [0.05, 0.1) is 5.56 Å². The first-order valence-corrected chi connectivity index (χ1v) is 7.86. The molecule has 0 saturated carbocycles. The maximum Gasteiger partial charge on any atom is 0.337 e. The maximum absolute atomic E-state index is 11.1. The smallest absolute Gasteiger partial charge is 0.337 e. The van der Waals surface area contributed by atoms with Crippen molar-refractivity contribution in [1.29, 1.82) is 0 Å². The van der Waals surface area contributed by atoms with Crippen LogP contribution in [0.25, 0.3) is 5.32 Å². The summed E-state index contributed by atoms with van der Waals surface area (Å²) < 4.78 is 0. The van der Waals surface area contributed by atoms with Crippen LogP contribution in [0.4, 0.5) is 5.82 Å². The predicted molar refractivity (Wildman–Crippen MR) is 91.9 cm³/mol. The van der Waals surface area contributed by atoms with E-state index in [1.165, 1.54) is 6.20 Å². The minimum absolute atomic E-state index is 0. The summed E-state index contributed by atoms with van der Waals surface area (Å²) in [5, 5.41) is 20.7. The number of aromatic carboxylic acids is 1. The van der Waals surface area contributed by atoms with Gasteiger partial charge in [-0.3, -0.25) is 4.98 Å². The fraction of sp³-hybridized carbons (Fsp3) is 0.389. The first kappa shape index (κ1) is 21.6. The largest absolute Gasteiger partial charge is 0.478 e. The second-order valence-corrected chi connectivity index (χ2v) is 5.88. The Balaban J connectivity index is 0.00000101. The van der Waals surface area contributed by atoms with E-state index in [9.17, 15) is 4.79 Å². The Bertz CT molecular complexity index is 722. The van der Waals surface area contributed by atoms with Gasteiger partial charge >= 0.3 is 5.97 Å². The summed E-state index contributed by atoms with van der Waals surface area (Å²) in [6.45, 7) is 4.06.